The van der Waals surface area contributed by atoms with Crippen molar-refractivity contribution in [2.45, 2.75) is 19.8 Å². The van der Waals surface area contributed by atoms with Crippen molar-refractivity contribution in [3.05, 3.63) is 82.8 Å². The second-order valence-electron chi connectivity index (χ2n) is 7.76. The van der Waals surface area contributed by atoms with Gasteiger partial charge in [0, 0.05) is 21.4 Å². The molecule has 0 saturated heterocycles. The van der Waals surface area contributed by atoms with Crippen LogP contribution < -0.4 is 25.5 Å². The zero-order valence-electron chi connectivity index (χ0n) is 20.2. The van der Waals surface area contributed by atoms with Crippen LogP contribution in [0.2, 0.25) is 0 Å². The number of benzene rings is 3. The first-order valence-corrected chi connectivity index (χ1v) is 12.4. The van der Waals surface area contributed by atoms with Gasteiger partial charge in [-0.25, -0.2) is 5.43 Å². The van der Waals surface area contributed by atoms with Gasteiger partial charge in [0.05, 0.1) is 12.8 Å². The number of hydrazone groups is 1. The van der Waals surface area contributed by atoms with Crippen LogP contribution in [0.15, 0.2) is 82.4 Å². The molecule has 3 N–H and O–H groups in total. The van der Waals surface area contributed by atoms with Crippen LogP contribution in [0.25, 0.3) is 0 Å². The van der Waals surface area contributed by atoms with Crippen LogP contribution in [-0.2, 0) is 14.4 Å². The van der Waals surface area contributed by atoms with Crippen molar-refractivity contribution in [2.75, 3.05) is 23.8 Å². The standard InChI is InChI=1S/C27H27BrN4O5/c1-2-3-15-36-23-12-10-22(11-13-23)31-26(34)27(35)32-29-17-19-16-20(28)9-14-24(19)37-18-25(33)30-21-7-5-4-6-8-21/h4-14,16-17H,2-3,15,18H2,1H3,(H,30,33)(H,31,34)(H,32,35)/b29-17-. The molecule has 0 heterocycles. The molecule has 0 spiro atoms. The number of rotatable bonds is 11. The van der Waals surface area contributed by atoms with Gasteiger partial charge in [-0.05, 0) is 61.0 Å². The Kier molecular flexibility index (Phi) is 10.7. The fourth-order valence-corrected chi connectivity index (χ4v) is 3.36. The largest absolute Gasteiger partial charge is 0.494 e. The molecule has 10 heteroatoms. The maximum atomic E-state index is 12.2. The lowest BCUT2D eigenvalue weighted by Crippen LogP contribution is -2.32. The van der Waals surface area contributed by atoms with Crippen LogP contribution >= 0.6 is 15.9 Å². The third-order valence-corrected chi connectivity index (χ3v) is 5.34. The molecule has 192 valence electrons. The predicted molar refractivity (Wildman–Crippen MR) is 146 cm³/mol. The molecule has 0 aliphatic carbocycles. The molecular weight excluding hydrogens is 540 g/mol. The van der Waals surface area contributed by atoms with E-state index in [9.17, 15) is 14.4 Å². The Labute approximate surface area is 223 Å². The maximum Gasteiger partial charge on any atom is 0.329 e. The topological polar surface area (TPSA) is 118 Å². The molecule has 0 aliphatic heterocycles. The van der Waals surface area contributed by atoms with Gasteiger partial charge in [0.25, 0.3) is 5.91 Å². The first-order valence-electron chi connectivity index (χ1n) is 11.6. The van der Waals surface area contributed by atoms with Crippen molar-refractivity contribution < 1.29 is 23.9 Å². The minimum atomic E-state index is -0.945. The van der Waals surface area contributed by atoms with Gasteiger partial charge in [-0.15, -0.1) is 0 Å². The summed E-state index contributed by atoms with van der Waals surface area (Å²) in [6.45, 7) is 2.47. The Morgan fingerprint density at radius 1 is 0.892 bits per heavy atom. The molecule has 0 saturated carbocycles. The van der Waals surface area contributed by atoms with E-state index in [1.54, 1.807) is 54.6 Å². The zero-order chi connectivity index (χ0) is 26.5. The van der Waals surface area contributed by atoms with Crippen LogP contribution in [0.3, 0.4) is 0 Å². The predicted octanol–water partition coefficient (Wildman–Crippen LogP) is 4.73. The average molecular weight is 567 g/mol. The van der Waals surface area contributed by atoms with Crippen molar-refractivity contribution in [3.63, 3.8) is 0 Å². The van der Waals surface area contributed by atoms with Gasteiger partial charge < -0.3 is 20.1 Å². The van der Waals surface area contributed by atoms with Gasteiger partial charge in [0.2, 0.25) is 0 Å². The molecule has 3 amide bonds. The first kappa shape index (κ1) is 27.4. The van der Waals surface area contributed by atoms with Crippen LogP contribution in [0, 0.1) is 0 Å². The van der Waals surface area contributed by atoms with Crippen LogP contribution in [0.4, 0.5) is 11.4 Å². The number of carbonyl (C=O) groups is 3. The molecule has 3 rings (SSSR count). The summed E-state index contributed by atoms with van der Waals surface area (Å²) in [6.07, 6.45) is 3.31. The highest BCUT2D eigenvalue weighted by Gasteiger charge is 2.13. The molecule has 0 radical (unpaired) electrons. The normalized spacial score (nSPS) is 10.5. The number of nitrogens with one attached hydrogen (secondary N) is 3. The first-order chi connectivity index (χ1) is 17.9. The van der Waals surface area contributed by atoms with Crippen LogP contribution in [0.5, 0.6) is 11.5 Å². The quantitative estimate of drug-likeness (QED) is 0.134. The highest BCUT2D eigenvalue weighted by Crippen LogP contribution is 2.22. The third-order valence-electron chi connectivity index (χ3n) is 4.84. The van der Waals surface area contributed by atoms with E-state index in [4.69, 9.17) is 9.47 Å². The summed E-state index contributed by atoms with van der Waals surface area (Å²) in [7, 11) is 0. The Balaban J connectivity index is 1.51. The number of nitrogens with zero attached hydrogens (tertiary/aromatic N) is 1. The van der Waals surface area contributed by atoms with Gasteiger partial charge in [-0.2, -0.15) is 5.10 Å². The number of unbranched alkanes of at least 4 members (excludes halogenated alkanes) is 1. The van der Waals surface area contributed by atoms with Gasteiger partial charge in [-0.1, -0.05) is 47.5 Å². The number of hydrogen-bond acceptors (Lipinski definition) is 6. The van der Waals surface area contributed by atoms with E-state index in [-0.39, 0.29) is 12.5 Å². The van der Waals surface area contributed by atoms with Crippen molar-refractivity contribution in [1.82, 2.24) is 5.43 Å². The molecule has 0 bridgehead atoms. The van der Waals surface area contributed by atoms with Crippen molar-refractivity contribution in [2.24, 2.45) is 5.10 Å². The average Bonchev–Trinajstić information content (AvgIpc) is 2.90. The number of halogens is 1. The summed E-state index contributed by atoms with van der Waals surface area (Å²) in [5.74, 6) is -1.10. The fraction of sp³-hybridized carbons (Fsp3) is 0.185. The SMILES string of the molecule is CCCCOc1ccc(NC(=O)C(=O)N/N=C\c2cc(Br)ccc2OCC(=O)Nc2ccccc2)cc1. The summed E-state index contributed by atoms with van der Waals surface area (Å²) in [6, 6.07) is 20.9. The second-order valence-corrected chi connectivity index (χ2v) is 8.68. The minimum Gasteiger partial charge on any atom is -0.494 e. The highest BCUT2D eigenvalue weighted by molar-refractivity contribution is 9.10. The van der Waals surface area contributed by atoms with E-state index in [0.29, 0.717) is 35.0 Å². The van der Waals surface area contributed by atoms with E-state index in [0.717, 1.165) is 17.3 Å². The molecule has 0 atom stereocenters. The van der Waals surface area contributed by atoms with Crippen molar-refractivity contribution >= 4 is 51.2 Å². The lowest BCUT2D eigenvalue weighted by molar-refractivity contribution is -0.136. The Hall–Kier alpha value is -4.18. The molecule has 3 aromatic carbocycles. The lowest BCUT2D eigenvalue weighted by Gasteiger charge is -2.10. The molecular formula is C27H27BrN4O5. The number of anilines is 2. The third kappa shape index (κ3) is 9.42. The molecule has 3 aromatic rings. The Bertz CT molecular complexity index is 1230. The molecule has 0 fully saturated rings. The number of hydrogen-bond donors (Lipinski definition) is 3. The van der Waals surface area contributed by atoms with Crippen LogP contribution in [-0.4, -0.2) is 37.1 Å². The summed E-state index contributed by atoms with van der Waals surface area (Å²) >= 11 is 3.37. The number of para-hydroxylation sites is 1. The van der Waals surface area contributed by atoms with Crippen LogP contribution in [0.1, 0.15) is 25.3 Å². The van der Waals surface area contributed by atoms with E-state index in [1.165, 1.54) is 6.21 Å². The van der Waals surface area contributed by atoms with Crippen molar-refractivity contribution in [1.29, 1.82) is 0 Å². The van der Waals surface area contributed by atoms with Crippen molar-refractivity contribution in [3.8, 4) is 11.5 Å². The number of amides is 3. The monoisotopic (exact) mass is 566 g/mol. The summed E-state index contributed by atoms with van der Waals surface area (Å²) < 4.78 is 11.9. The highest BCUT2D eigenvalue weighted by atomic mass is 79.9. The summed E-state index contributed by atoms with van der Waals surface area (Å²) in [5.41, 5.74) is 3.78. The molecule has 9 nitrogen and oxygen atoms in total. The van der Waals surface area contributed by atoms with Gasteiger partial charge in [0.15, 0.2) is 6.61 Å². The van der Waals surface area contributed by atoms with Gasteiger partial charge >= 0.3 is 11.8 Å². The number of carbonyl (C=O) groups excluding carboxylic acids is 3. The summed E-state index contributed by atoms with van der Waals surface area (Å²) in [5, 5.41) is 9.08. The summed E-state index contributed by atoms with van der Waals surface area (Å²) in [4.78, 5) is 36.5. The van der Waals surface area contributed by atoms with E-state index in [2.05, 4.69) is 44.0 Å². The minimum absolute atomic E-state index is 0.228. The molecule has 37 heavy (non-hydrogen) atoms. The zero-order valence-corrected chi connectivity index (χ0v) is 21.8. The van der Waals surface area contributed by atoms with E-state index in [1.807, 2.05) is 18.2 Å². The van der Waals surface area contributed by atoms with Gasteiger partial charge in [0.1, 0.15) is 11.5 Å². The lowest BCUT2D eigenvalue weighted by atomic mass is 10.2. The Morgan fingerprint density at radius 2 is 1.62 bits per heavy atom. The Morgan fingerprint density at radius 3 is 2.35 bits per heavy atom. The van der Waals surface area contributed by atoms with E-state index >= 15 is 0 Å². The van der Waals surface area contributed by atoms with E-state index < -0.39 is 11.8 Å². The molecule has 0 unspecified atom stereocenters. The number of ether oxygens (including phenoxy) is 2. The molecule has 0 aromatic heterocycles. The maximum absolute atomic E-state index is 12.2. The fourth-order valence-electron chi connectivity index (χ4n) is 2.98. The van der Waals surface area contributed by atoms with Gasteiger partial charge in [-0.3, -0.25) is 14.4 Å². The molecule has 0 aliphatic rings. The second kappa shape index (κ2) is 14.4. The smallest absolute Gasteiger partial charge is 0.329 e.